The number of carbonyl (C=O) groups excluding carboxylic acids is 1. The molecular formula is C17H22F2N2O2. The van der Waals surface area contributed by atoms with E-state index in [1.54, 1.807) is 12.1 Å². The fourth-order valence-electron chi connectivity index (χ4n) is 3.60. The van der Waals surface area contributed by atoms with Gasteiger partial charge in [-0.15, -0.1) is 0 Å². The first-order valence-corrected chi connectivity index (χ1v) is 8.13. The van der Waals surface area contributed by atoms with Crippen molar-refractivity contribution in [2.24, 2.45) is 5.41 Å². The zero-order chi connectivity index (χ0) is 16.3. The zero-order valence-corrected chi connectivity index (χ0v) is 13.1. The van der Waals surface area contributed by atoms with E-state index in [-0.39, 0.29) is 11.7 Å². The molecule has 0 aromatic heterocycles. The first-order valence-electron chi connectivity index (χ1n) is 8.13. The molecule has 126 valence electrons. The molecule has 2 aliphatic rings. The standard InChI is InChI=1S/C17H22F2N2O2/c18-16(19)23-14-3-1-13(2-4-14)15(22)21-11-7-17(8-12-21)5-9-20-10-6-17/h1-4,16,20H,5-12H2. The number of halogens is 2. The molecule has 4 nitrogen and oxygen atoms in total. The van der Waals surface area contributed by atoms with Crippen molar-refractivity contribution in [2.75, 3.05) is 26.2 Å². The third-order valence-electron chi connectivity index (χ3n) is 5.10. The summed E-state index contributed by atoms with van der Waals surface area (Å²) in [6, 6.07) is 5.93. The minimum Gasteiger partial charge on any atom is -0.435 e. The number of hydrogen-bond acceptors (Lipinski definition) is 3. The summed E-state index contributed by atoms with van der Waals surface area (Å²) in [6.45, 7) is 0.834. The minimum atomic E-state index is -2.85. The Balaban J connectivity index is 1.58. The van der Waals surface area contributed by atoms with Crippen molar-refractivity contribution in [3.05, 3.63) is 29.8 Å². The predicted octanol–water partition coefficient (Wildman–Crippen LogP) is 2.89. The van der Waals surface area contributed by atoms with Gasteiger partial charge in [-0.25, -0.2) is 0 Å². The van der Waals surface area contributed by atoms with Crippen molar-refractivity contribution in [2.45, 2.75) is 32.3 Å². The van der Waals surface area contributed by atoms with Crippen molar-refractivity contribution in [3.8, 4) is 5.75 Å². The number of ether oxygens (including phenoxy) is 1. The van der Waals surface area contributed by atoms with Gasteiger partial charge in [0.25, 0.3) is 5.91 Å². The van der Waals surface area contributed by atoms with Crippen LogP contribution < -0.4 is 10.1 Å². The summed E-state index contributed by atoms with van der Waals surface area (Å²) in [7, 11) is 0. The molecule has 0 unspecified atom stereocenters. The molecule has 0 radical (unpaired) electrons. The van der Waals surface area contributed by atoms with Gasteiger partial charge in [0.2, 0.25) is 0 Å². The molecule has 2 fully saturated rings. The number of piperidine rings is 2. The minimum absolute atomic E-state index is 0.0302. The van der Waals surface area contributed by atoms with Gasteiger partial charge in [-0.05, 0) is 68.5 Å². The van der Waals surface area contributed by atoms with Crippen LogP contribution in [-0.2, 0) is 0 Å². The Kier molecular flexibility index (Phi) is 4.80. The van der Waals surface area contributed by atoms with Crippen molar-refractivity contribution < 1.29 is 18.3 Å². The number of nitrogens with one attached hydrogen (secondary N) is 1. The molecule has 1 spiro atoms. The van der Waals surface area contributed by atoms with E-state index in [9.17, 15) is 13.6 Å². The van der Waals surface area contributed by atoms with Crippen LogP contribution in [-0.4, -0.2) is 43.6 Å². The Bertz CT molecular complexity index is 532. The van der Waals surface area contributed by atoms with Crippen molar-refractivity contribution >= 4 is 5.91 Å². The monoisotopic (exact) mass is 324 g/mol. The number of alkyl halides is 2. The highest BCUT2D eigenvalue weighted by molar-refractivity contribution is 5.94. The van der Waals surface area contributed by atoms with E-state index in [1.165, 1.54) is 25.0 Å². The van der Waals surface area contributed by atoms with Gasteiger partial charge >= 0.3 is 6.61 Å². The molecule has 0 atom stereocenters. The van der Waals surface area contributed by atoms with E-state index in [2.05, 4.69) is 10.1 Å². The summed E-state index contributed by atoms with van der Waals surface area (Å²) in [6.07, 6.45) is 4.48. The molecule has 2 saturated heterocycles. The summed E-state index contributed by atoms with van der Waals surface area (Å²) >= 11 is 0. The van der Waals surface area contributed by atoms with E-state index in [4.69, 9.17) is 0 Å². The maximum Gasteiger partial charge on any atom is 0.387 e. The van der Waals surface area contributed by atoms with Crippen LogP contribution in [0.25, 0.3) is 0 Å². The second-order valence-corrected chi connectivity index (χ2v) is 6.45. The molecule has 3 rings (SSSR count). The van der Waals surface area contributed by atoms with Gasteiger partial charge in [0.05, 0.1) is 0 Å². The Hall–Kier alpha value is -1.69. The fraction of sp³-hybridized carbons (Fsp3) is 0.588. The van der Waals surface area contributed by atoms with Crippen molar-refractivity contribution in [3.63, 3.8) is 0 Å². The molecule has 0 aliphatic carbocycles. The number of hydrogen-bond donors (Lipinski definition) is 1. The molecule has 6 heteroatoms. The summed E-state index contributed by atoms with van der Waals surface area (Å²) in [5, 5.41) is 3.39. The molecule has 23 heavy (non-hydrogen) atoms. The lowest BCUT2D eigenvalue weighted by molar-refractivity contribution is -0.0498. The fourth-order valence-corrected chi connectivity index (χ4v) is 3.60. The van der Waals surface area contributed by atoms with Gasteiger partial charge in [0.1, 0.15) is 5.75 Å². The number of amides is 1. The summed E-state index contributed by atoms with van der Waals surface area (Å²) < 4.78 is 28.6. The van der Waals surface area contributed by atoms with Crippen LogP contribution in [0.15, 0.2) is 24.3 Å². The molecular weight excluding hydrogens is 302 g/mol. The third kappa shape index (κ3) is 3.80. The average Bonchev–Trinajstić information content (AvgIpc) is 2.56. The molecule has 2 aliphatic heterocycles. The summed E-state index contributed by atoms with van der Waals surface area (Å²) in [5.41, 5.74) is 0.921. The average molecular weight is 324 g/mol. The van der Waals surface area contributed by atoms with Crippen LogP contribution in [0.3, 0.4) is 0 Å². The zero-order valence-electron chi connectivity index (χ0n) is 13.1. The number of rotatable bonds is 3. The predicted molar refractivity (Wildman–Crippen MR) is 82.7 cm³/mol. The Morgan fingerprint density at radius 1 is 1.09 bits per heavy atom. The maximum atomic E-state index is 12.5. The first kappa shape index (κ1) is 16.2. The van der Waals surface area contributed by atoms with E-state index in [0.29, 0.717) is 11.0 Å². The van der Waals surface area contributed by atoms with Crippen LogP contribution in [0, 0.1) is 5.41 Å². The lowest BCUT2D eigenvalue weighted by Crippen LogP contribution is -2.47. The van der Waals surface area contributed by atoms with Crippen LogP contribution in [0.4, 0.5) is 8.78 Å². The van der Waals surface area contributed by atoms with Gasteiger partial charge in [-0.1, -0.05) is 0 Å². The number of nitrogens with zero attached hydrogens (tertiary/aromatic N) is 1. The third-order valence-corrected chi connectivity index (χ3v) is 5.10. The van der Waals surface area contributed by atoms with Gasteiger partial charge in [0.15, 0.2) is 0 Å². The molecule has 1 aromatic carbocycles. The largest absolute Gasteiger partial charge is 0.435 e. The molecule has 0 saturated carbocycles. The highest BCUT2D eigenvalue weighted by Gasteiger charge is 2.36. The normalized spacial score (nSPS) is 20.7. The molecule has 1 aromatic rings. The van der Waals surface area contributed by atoms with Crippen molar-refractivity contribution in [1.82, 2.24) is 10.2 Å². The van der Waals surface area contributed by atoms with Gasteiger partial charge in [0, 0.05) is 18.7 Å². The van der Waals surface area contributed by atoms with Crippen LogP contribution >= 0.6 is 0 Å². The lowest BCUT2D eigenvalue weighted by Gasteiger charge is -2.44. The topological polar surface area (TPSA) is 41.6 Å². The first-order chi connectivity index (χ1) is 11.1. The number of carbonyl (C=O) groups is 1. The van der Waals surface area contributed by atoms with E-state index < -0.39 is 6.61 Å². The van der Waals surface area contributed by atoms with Crippen LogP contribution in [0.2, 0.25) is 0 Å². The molecule has 1 amide bonds. The second-order valence-electron chi connectivity index (χ2n) is 6.45. The highest BCUT2D eigenvalue weighted by Crippen LogP contribution is 2.39. The SMILES string of the molecule is O=C(c1ccc(OC(F)F)cc1)N1CCC2(CCNCC2)CC1. The smallest absolute Gasteiger partial charge is 0.387 e. The summed E-state index contributed by atoms with van der Waals surface area (Å²) in [5.74, 6) is 0.0428. The molecule has 0 bridgehead atoms. The van der Waals surface area contributed by atoms with Gasteiger partial charge in [-0.3, -0.25) is 4.79 Å². The Morgan fingerprint density at radius 3 is 2.26 bits per heavy atom. The van der Waals surface area contributed by atoms with Crippen molar-refractivity contribution in [1.29, 1.82) is 0 Å². The highest BCUT2D eigenvalue weighted by atomic mass is 19.3. The Morgan fingerprint density at radius 2 is 1.70 bits per heavy atom. The maximum absolute atomic E-state index is 12.5. The van der Waals surface area contributed by atoms with E-state index in [1.807, 2.05) is 4.90 Å². The molecule has 2 heterocycles. The number of likely N-dealkylation sites (tertiary alicyclic amines) is 1. The van der Waals surface area contributed by atoms with Crippen LogP contribution in [0.5, 0.6) is 5.75 Å². The summed E-state index contributed by atoms with van der Waals surface area (Å²) in [4.78, 5) is 14.4. The van der Waals surface area contributed by atoms with Crippen LogP contribution in [0.1, 0.15) is 36.0 Å². The van der Waals surface area contributed by atoms with Gasteiger partial charge < -0.3 is 15.0 Å². The van der Waals surface area contributed by atoms with E-state index in [0.717, 1.165) is 39.0 Å². The number of benzene rings is 1. The molecule has 1 N–H and O–H groups in total. The Labute approximate surface area is 134 Å². The van der Waals surface area contributed by atoms with Gasteiger partial charge in [-0.2, -0.15) is 8.78 Å². The quantitative estimate of drug-likeness (QED) is 0.929. The second kappa shape index (κ2) is 6.83. The lowest BCUT2D eigenvalue weighted by atomic mass is 9.71. The van der Waals surface area contributed by atoms with E-state index >= 15 is 0 Å².